The Morgan fingerprint density at radius 1 is 1.62 bits per heavy atom. The molecule has 0 amide bonds. The van der Waals surface area contributed by atoms with Crippen LogP contribution in [0, 0.1) is 6.92 Å². The number of rotatable bonds is 5. The fourth-order valence-electron chi connectivity index (χ4n) is 2.48. The quantitative estimate of drug-likeness (QED) is 0.856. The molecule has 0 radical (unpaired) electrons. The summed E-state index contributed by atoms with van der Waals surface area (Å²) in [6.07, 6.45) is 4.58. The number of likely N-dealkylation sites (N-methyl/N-ethyl adjacent to an activating group) is 1. The van der Waals surface area contributed by atoms with Crippen LogP contribution in [-0.4, -0.2) is 30.8 Å². The standard InChI is InChI=1S/C12H20N2OS/c1-9-14-10(8-16-9)7-11(13-2)12(15-3)5-4-6-12/h8,11,13H,4-7H2,1-3H3. The molecule has 1 aromatic heterocycles. The molecule has 1 aliphatic rings. The Labute approximate surface area is 101 Å². The van der Waals surface area contributed by atoms with E-state index in [1.165, 1.54) is 12.1 Å². The average molecular weight is 240 g/mol. The average Bonchev–Trinajstić information content (AvgIpc) is 2.61. The summed E-state index contributed by atoms with van der Waals surface area (Å²) >= 11 is 1.72. The lowest BCUT2D eigenvalue weighted by Gasteiger charge is -2.46. The second-order valence-electron chi connectivity index (χ2n) is 4.53. The van der Waals surface area contributed by atoms with Crippen molar-refractivity contribution in [1.82, 2.24) is 10.3 Å². The zero-order chi connectivity index (χ0) is 11.6. The number of methoxy groups -OCH3 is 1. The molecule has 1 heterocycles. The fourth-order valence-corrected chi connectivity index (χ4v) is 3.11. The third-order valence-electron chi connectivity index (χ3n) is 3.67. The van der Waals surface area contributed by atoms with Crippen molar-refractivity contribution in [1.29, 1.82) is 0 Å². The van der Waals surface area contributed by atoms with Crippen LogP contribution in [0.5, 0.6) is 0 Å². The largest absolute Gasteiger partial charge is 0.377 e. The molecule has 1 aromatic rings. The number of aromatic nitrogens is 1. The van der Waals surface area contributed by atoms with E-state index in [9.17, 15) is 0 Å². The SMILES string of the molecule is CNC(Cc1csc(C)n1)C1(OC)CCC1. The summed E-state index contributed by atoms with van der Waals surface area (Å²) in [5.74, 6) is 0. The van der Waals surface area contributed by atoms with Crippen LogP contribution in [0.15, 0.2) is 5.38 Å². The molecule has 1 N–H and O–H groups in total. The van der Waals surface area contributed by atoms with Crippen LogP contribution in [0.1, 0.15) is 30.0 Å². The molecule has 1 aliphatic carbocycles. The molecule has 3 nitrogen and oxygen atoms in total. The first kappa shape index (κ1) is 12.0. The molecule has 1 atom stereocenters. The van der Waals surface area contributed by atoms with E-state index in [1.54, 1.807) is 11.3 Å². The third kappa shape index (κ3) is 2.14. The predicted octanol–water partition coefficient (Wildman–Crippen LogP) is 2.15. The van der Waals surface area contributed by atoms with Crippen molar-refractivity contribution >= 4 is 11.3 Å². The first-order valence-corrected chi connectivity index (χ1v) is 6.71. The van der Waals surface area contributed by atoms with Crippen molar-refractivity contribution in [2.45, 2.75) is 44.2 Å². The second kappa shape index (κ2) is 4.82. The highest BCUT2D eigenvalue weighted by Crippen LogP contribution is 2.39. The molecule has 1 unspecified atom stereocenters. The van der Waals surface area contributed by atoms with E-state index in [4.69, 9.17) is 4.74 Å². The van der Waals surface area contributed by atoms with Gasteiger partial charge in [-0.05, 0) is 33.2 Å². The minimum absolute atomic E-state index is 0.0479. The van der Waals surface area contributed by atoms with E-state index in [0.29, 0.717) is 6.04 Å². The van der Waals surface area contributed by atoms with Gasteiger partial charge in [0.2, 0.25) is 0 Å². The number of ether oxygens (including phenoxy) is 1. The molecule has 1 saturated carbocycles. The third-order valence-corrected chi connectivity index (χ3v) is 4.49. The van der Waals surface area contributed by atoms with Crippen LogP contribution in [0.25, 0.3) is 0 Å². The normalized spacial score (nSPS) is 20.4. The Balaban J connectivity index is 2.05. The Morgan fingerprint density at radius 3 is 2.75 bits per heavy atom. The summed E-state index contributed by atoms with van der Waals surface area (Å²) in [7, 11) is 3.85. The van der Waals surface area contributed by atoms with Gasteiger partial charge in [0.1, 0.15) is 0 Å². The molecule has 0 bridgehead atoms. The van der Waals surface area contributed by atoms with Gasteiger partial charge in [-0.25, -0.2) is 4.98 Å². The van der Waals surface area contributed by atoms with Crippen molar-refractivity contribution in [2.24, 2.45) is 0 Å². The van der Waals surface area contributed by atoms with Gasteiger partial charge in [0.25, 0.3) is 0 Å². The van der Waals surface area contributed by atoms with Crippen LogP contribution >= 0.6 is 11.3 Å². The molecule has 0 aliphatic heterocycles. The number of thiazole rings is 1. The zero-order valence-corrected chi connectivity index (χ0v) is 11.1. The maximum atomic E-state index is 5.72. The molecule has 0 aromatic carbocycles. The van der Waals surface area contributed by atoms with Crippen molar-refractivity contribution in [2.75, 3.05) is 14.2 Å². The van der Waals surface area contributed by atoms with Gasteiger partial charge in [-0.1, -0.05) is 0 Å². The molecular formula is C12H20N2OS. The smallest absolute Gasteiger partial charge is 0.0897 e. The summed E-state index contributed by atoms with van der Waals surface area (Å²) in [4.78, 5) is 4.53. The Kier molecular flexibility index (Phi) is 3.62. The van der Waals surface area contributed by atoms with Crippen LogP contribution in [-0.2, 0) is 11.2 Å². The Bertz CT molecular complexity index is 341. The number of hydrogen-bond donors (Lipinski definition) is 1. The van der Waals surface area contributed by atoms with E-state index in [-0.39, 0.29) is 5.60 Å². The number of aryl methyl sites for hydroxylation is 1. The summed E-state index contributed by atoms with van der Waals surface area (Å²) in [6.45, 7) is 2.05. The van der Waals surface area contributed by atoms with Gasteiger partial charge >= 0.3 is 0 Å². The lowest BCUT2D eigenvalue weighted by atomic mass is 9.73. The maximum absolute atomic E-state index is 5.72. The highest BCUT2D eigenvalue weighted by molar-refractivity contribution is 7.09. The predicted molar refractivity (Wildman–Crippen MR) is 67.0 cm³/mol. The first-order chi connectivity index (χ1) is 7.70. The van der Waals surface area contributed by atoms with Gasteiger partial charge in [0.05, 0.1) is 16.3 Å². The monoisotopic (exact) mass is 240 g/mol. The topological polar surface area (TPSA) is 34.2 Å². The van der Waals surface area contributed by atoms with E-state index in [0.717, 1.165) is 24.3 Å². The Hall–Kier alpha value is -0.450. The highest BCUT2D eigenvalue weighted by atomic mass is 32.1. The van der Waals surface area contributed by atoms with Gasteiger partial charge in [0.15, 0.2) is 0 Å². The van der Waals surface area contributed by atoms with Gasteiger partial charge in [-0.2, -0.15) is 0 Å². The van der Waals surface area contributed by atoms with Crippen molar-refractivity contribution in [3.63, 3.8) is 0 Å². The van der Waals surface area contributed by atoms with Crippen LogP contribution in [0.3, 0.4) is 0 Å². The molecular weight excluding hydrogens is 220 g/mol. The minimum atomic E-state index is 0.0479. The molecule has 90 valence electrons. The number of nitrogens with zero attached hydrogens (tertiary/aromatic N) is 1. The Morgan fingerprint density at radius 2 is 2.38 bits per heavy atom. The van der Waals surface area contributed by atoms with Crippen LogP contribution in [0.4, 0.5) is 0 Å². The molecule has 16 heavy (non-hydrogen) atoms. The van der Waals surface area contributed by atoms with Crippen LogP contribution in [0.2, 0.25) is 0 Å². The van der Waals surface area contributed by atoms with E-state index >= 15 is 0 Å². The maximum Gasteiger partial charge on any atom is 0.0897 e. The van der Waals surface area contributed by atoms with Crippen LogP contribution < -0.4 is 5.32 Å². The van der Waals surface area contributed by atoms with E-state index in [2.05, 4.69) is 22.6 Å². The molecule has 0 spiro atoms. The van der Waals surface area contributed by atoms with Gasteiger partial charge in [-0.3, -0.25) is 0 Å². The number of nitrogens with one attached hydrogen (secondary N) is 1. The lowest BCUT2D eigenvalue weighted by Crippen LogP contribution is -2.56. The van der Waals surface area contributed by atoms with Gasteiger partial charge in [-0.15, -0.1) is 11.3 Å². The van der Waals surface area contributed by atoms with E-state index in [1.807, 2.05) is 14.2 Å². The lowest BCUT2D eigenvalue weighted by molar-refractivity contribution is -0.0968. The molecule has 1 fully saturated rings. The zero-order valence-electron chi connectivity index (χ0n) is 10.2. The summed E-state index contributed by atoms with van der Waals surface area (Å²) in [6, 6.07) is 0.382. The molecule has 2 rings (SSSR count). The number of hydrogen-bond acceptors (Lipinski definition) is 4. The van der Waals surface area contributed by atoms with E-state index < -0.39 is 0 Å². The summed E-state index contributed by atoms with van der Waals surface area (Å²) in [5, 5.41) is 6.69. The minimum Gasteiger partial charge on any atom is -0.377 e. The fraction of sp³-hybridized carbons (Fsp3) is 0.750. The highest BCUT2D eigenvalue weighted by Gasteiger charge is 2.43. The summed E-state index contributed by atoms with van der Waals surface area (Å²) in [5.41, 5.74) is 1.23. The van der Waals surface area contributed by atoms with Crippen molar-refractivity contribution in [3.8, 4) is 0 Å². The summed E-state index contributed by atoms with van der Waals surface area (Å²) < 4.78 is 5.72. The molecule has 0 saturated heterocycles. The molecule has 4 heteroatoms. The van der Waals surface area contributed by atoms with Gasteiger partial charge < -0.3 is 10.1 Å². The second-order valence-corrected chi connectivity index (χ2v) is 5.59. The van der Waals surface area contributed by atoms with Gasteiger partial charge in [0, 0.05) is 25.0 Å². The first-order valence-electron chi connectivity index (χ1n) is 5.83. The van der Waals surface area contributed by atoms with Crippen molar-refractivity contribution in [3.05, 3.63) is 16.1 Å². The van der Waals surface area contributed by atoms with Crippen molar-refractivity contribution < 1.29 is 4.74 Å².